The molecular weight excluding hydrogens is 380 g/mol. The maximum atomic E-state index is 12.8. The predicted molar refractivity (Wildman–Crippen MR) is 103 cm³/mol. The summed E-state index contributed by atoms with van der Waals surface area (Å²) in [6.45, 7) is 2.86. The number of ketones is 1. The number of nitrogens with one attached hydrogen (secondary N) is 1. The van der Waals surface area contributed by atoms with Gasteiger partial charge in [0.1, 0.15) is 0 Å². The molecule has 0 unspecified atom stereocenters. The van der Waals surface area contributed by atoms with E-state index < -0.39 is 10.0 Å². The van der Waals surface area contributed by atoms with Crippen molar-refractivity contribution in [3.8, 4) is 0 Å². The van der Waals surface area contributed by atoms with E-state index in [9.17, 15) is 18.0 Å². The van der Waals surface area contributed by atoms with E-state index >= 15 is 0 Å². The van der Waals surface area contributed by atoms with Crippen molar-refractivity contribution in [2.24, 2.45) is 0 Å². The van der Waals surface area contributed by atoms with E-state index in [2.05, 4.69) is 10.3 Å². The number of nitrogens with zero attached hydrogens (tertiary/aromatic N) is 3. The summed E-state index contributed by atoms with van der Waals surface area (Å²) in [6, 6.07) is 9.35. The third-order valence-corrected chi connectivity index (χ3v) is 6.50. The molecule has 0 radical (unpaired) electrons. The molecule has 1 aliphatic heterocycles. The Labute approximate surface area is 164 Å². The Bertz CT molecular complexity index is 938. The molecule has 0 atom stereocenters. The fourth-order valence-electron chi connectivity index (χ4n) is 2.93. The quantitative estimate of drug-likeness (QED) is 0.764. The van der Waals surface area contributed by atoms with Crippen LogP contribution in [0.1, 0.15) is 22.8 Å². The van der Waals surface area contributed by atoms with E-state index in [1.165, 1.54) is 35.5 Å². The maximum Gasteiger partial charge on any atom is 0.317 e. The summed E-state index contributed by atoms with van der Waals surface area (Å²) in [5.41, 5.74) is 1.36. The normalized spacial score (nSPS) is 15.2. The molecule has 2 aromatic rings. The number of urea groups is 1. The number of rotatable bonds is 5. The van der Waals surface area contributed by atoms with Gasteiger partial charge >= 0.3 is 6.03 Å². The van der Waals surface area contributed by atoms with Crippen molar-refractivity contribution in [2.75, 3.05) is 26.2 Å². The second-order valence-electron chi connectivity index (χ2n) is 6.49. The lowest BCUT2D eigenvalue weighted by atomic mass is 10.2. The van der Waals surface area contributed by atoms with Crippen LogP contribution in [0.4, 0.5) is 4.79 Å². The molecule has 0 saturated carbocycles. The smallest absolute Gasteiger partial charge is 0.317 e. The Hall–Kier alpha value is -2.78. The van der Waals surface area contributed by atoms with Gasteiger partial charge in [0.25, 0.3) is 0 Å². The number of aromatic nitrogens is 1. The van der Waals surface area contributed by atoms with Crippen molar-refractivity contribution in [1.82, 2.24) is 19.5 Å². The first-order chi connectivity index (χ1) is 13.4. The highest BCUT2D eigenvalue weighted by Crippen LogP contribution is 2.18. The van der Waals surface area contributed by atoms with Crippen LogP contribution in [0.5, 0.6) is 0 Å². The minimum absolute atomic E-state index is 0.116. The molecule has 2 amide bonds. The minimum Gasteiger partial charge on any atom is -0.334 e. The molecule has 1 aromatic heterocycles. The lowest BCUT2D eigenvalue weighted by Gasteiger charge is -2.34. The van der Waals surface area contributed by atoms with Crippen molar-refractivity contribution in [3.63, 3.8) is 0 Å². The molecule has 8 nitrogen and oxygen atoms in total. The van der Waals surface area contributed by atoms with Crippen molar-refractivity contribution in [2.45, 2.75) is 18.4 Å². The van der Waals surface area contributed by atoms with E-state index in [4.69, 9.17) is 0 Å². The van der Waals surface area contributed by atoms with Crippen LogP contribution >= 0.6 is 0 Å². The molecule has 1 aliphatic rings. The molecule has 3 rings (SSSR count). The van der Waals surface area contributed by atoms with Gasteiger partial charge in [-0.15, -0.1) is 0 Å². The topological polar surface area (TPSA) is 99.7 Å². The molecule has 9 heteroatoms. The SMILES string of the molecule is CC(=O)c1ccc(S(=O)(=O)N2CCN(C(=O)NCc3cccnc3)CC2)cc1. The molecule has 0 bridgehead atoms. The van der Waals surface area contributed by atoms with Gasteiger partial charge in [-0.3, -0.25) is 9.78 Å². The number of hydrogen-bond acceptors (Lipinski definition) is 5. The number of hydrogen-bond donors (Lipinski definition) is 1. The highest BCUT2D eigenvalue weighted by molar-refractivity contribution is 7.89. The van der Waals surface area contributed by atoms with E-state index in [1.807, 2.05) is 6.07 Å². The molecule has 1 aromatic carbocycles. The van der Waals surface area contributed by atoms with Crippen LogP contribution in [0.3, 0.4) is 0 Å². The number of carbonyl (C=O) groups is 2. The largest absolute Gasteiger partial charge is 0.334 e. The maximum absolute atomic E-state index is 12.8. The molecular formula is C19H22N4O4S. The Morgan fingerprint density at radius 1 is 1.07 bits per heavy atom. The van der Waals surface area contributed by atoms with E-state index in [1.54, 1.807) is 23.4 Å². The Morgan fingerprint density at radius 3 is 2.32 bits per heavy atom. The molecule has 0 aliphatic carbocycles. The van der Waals surface area contributed by atoms with Crippen LogP contribution in [-0.4, -0.2) is 60.6 Å². The van der Waals surface area contributed by atoms with Crippen molar-refractivity contribution in [1.29, 1.82) is 0 Å². The Kier molecular flexibility index (Phi) is 6.05. The number of carbonyl (C=O) groups excluding carboxylic acids is 2. The molecule has 148 valence electrons. The number of amides is 2. The average Bonchev–Trinajstić information content (AvgIpc) is 2.73. The van der Waals surface area contributed by atoms with E-state index in [0.717, 1.165) is 5.56 Å². The third-order valence-electron chi connectivity index (χ3n) is 4.59. The zero-order valence-electron chi connectivity index (χ0n) is 15.5. The van der Waals surface area contributed by atoms with Crippen molar-refractivity contribution >= 4 is 21.8 Å². The molecule has 2 heterocycles. The third kappa shape index (κ3) is 4.55. The highest BCUT2D eigenvalue weighted by atomic mass is 32.2. The second kappa shape index (κ2) is 8.49. The monoisotopic (exact) mass is 402 g/mol. The first-order valence-corrected chi connectivity index (χ1v) is 10.3. The van der Waals surface area contributed by atoms with Crippen molar-refractivity contribution in [3.05, 3.63) is 59.9 Å². The summed E-state index contributed by atoms with van der Waals surface area (Å²) in [6.07, 6.45) is 3.35. The number of pyridine rings is 1. The Balaban J connectivity index is 1.56. The zero-order chi connectivity index (χ0) is 20.1. The van der Waals surface area contributed by atoms with Gasteiger partial charge in [-0.05, 0) is 30.7 Å². The van der Waals surface area contributed by atoms with E-state index in [0.29, 0.717) is 25.2 Å². The predicted octanol–water partition coefficient (Wildman–Crippen LogP) is 1.50. The summed E-state index contributed by atoms with van der Waals surface area (Å²) in [5.74, 6) is -0.116. The number of sulfonamides is 1. The van der Waals surface area contributed by atoms with Gasteiger partial charge in [-0.2, -0.15) is 4.31 Å². The average molecular weight is 402 g/mol. The number of benzene rings is 1. The van der Waals surface area contributed by atoms with E-state index in [-0.39, 0.29) is 29.8 Å². The molecule has 28 heavy (non-hydrogen) atoms. The van der Waals surface area contributed by atoms with Gasteiger partial charge < -0.3 is 10.2 Å². The van der Waals surface area contributed by atoms with Gasteiger partial charge in [0.2, 0.25) is 10.0 Å². The van der Waals surface area contributed by atoms with Gasteiger partial charge in [-0.25, -0.2) is 13.2 Å². The summed E-state index contributed by atoms with van der Waals surface area (Å²) in [7, 11) is -3.65. The first kappa shape index (κ1) is 20.0. The summed E-state index contributed by atoms with van der Waals surface area (Å²) >= 11 is 0. The summed E-state index contributed by atoms with van der Waals surface area (Å²) < 4.78 is 26.9. The van der Waals surface area contributed by atoms with Crippen LogP contribution in [0, 0.1) is 0 Å². The lowest BCUT2D eigenvalue weighted by Crippen LogP contribution is -2.52. The fourth-order valence-corrected chi connectivity index (χ4v) is 4.36. The Morgan fingerprint density at radius 2 is 1.75 bits per heavy atom. The standard InChI is InChI=1S/C19H22N4O4S/c1-15(24)17-4-6-18(7-5-17)28(26,27)23-11-9-22(10-12-23)19(25)21-14-16-3-2-8-20-13-16/h2-8,13H,9-12,14H2,1H3,(H,21,25). The zero-order valence-corrected chi connectivity index (χ0v) is 16.4. The van der Waals surface area contributed by atoms with Gasteiger partial charge in [0.05, 0.1) is 4.90 Å². The molecule has 0 spiro atoms. The molecule has 1 N–H and O–H groups in total. The van der Waals surface area contributed by atoms with Crippen molar-refractivity contribution < 1.29 is 18.0 Å². The number of Topliss-reactive ketones (excluding diaryl/α,β-unsaturated/α-hetero) is 1. The first-order valence-electron chi connectivity index (χ1n) is 8.91. The van der Waals surface area contributed by atoms with Gasteiger partial charge in [0, 0.05) is 50.7 Å². The van der Waals surface area contributed by atoms with Gasteiger partial charge in [0.15, 0.2) is 5.78 Å². The summed E-state index contributed by atoms with van der Waals surface area (Å²) in [4.78, 5) is 29.4. The van der Waals surface area contributed by atoms with Crippen LogP contribution in [-0.2, 0) is 16.6 Å². The van der Waals surface area contributed by atoms with Crippen LogP contribution < -0.4 is 5.32 Å². The number of piperazine rings is 1. The summed E-state index contributed by atoms with van der Waals surface area (Å²) in [5, 5.41) is 2.82. The molecule has 1 fully saturated rings. The van der Waals surface area contributed by atoms with Gasteiger partial charge in [-0.1, -0.05) is 18.2 Å². The van der Waals surface area contributed by atoms with Crippen LogP contribution in [0.25, 0.3) is 0 Å². The fraction of sp³-hybridized carbons (Fsp3) is 0.316. The van der Waals surface area contributed by atoms with Crippen LogP contribution in [0.15, 0.2) is 53.7 Å². The highest BCUT2D eigenvalue weighted by Gasteiger charge is 2.30. The van der Waals surface area contributed by atoms with Crippen LogP contribution in [0.2, 0.25) is 0 Å². The molecule has 1 saturated heterocycles. The lowest BCUT2D eigenvalue weighted by molar-refractivity contribution is 0.101. The minimum atomic E-state index is -3.65. The second-order valence-corrected chi connectivity index (χ2v) is 8.43.